The van der Waals surface area contributed by atoms with Crippen molar-refractivity contribution in [3.63, 3.8) is 0 Å². The summed E-state index contributed by atoms with van der Waals surface area (Å²) in [5.74, 6) is -1.41. The Labute approximate surface area is 139 Å². The van der Waals surface area contributed by atoms with Gasteiger partial charge in [-0.3, -0.25) is 14.9 Å². The molecule has 0 saturated carbocycles. The first-order chi connectivity index (χ1) is 11.1. The van der Waals surface area contributed by atoms with Crippen LogP contribution in [-0.2, 0) is 0 Å². The molecule has 2 amide bonds. The Morgan fingerprint density at radius 3 is 2.83 bits per heavy atom. The predicted molar refractivity (Wildman–Crippen MR) is 85.5 cm³/mol. The lowest BCUT2D eigenvalue weighted by molar-refractivity contribution is 0.100. The van der Waals surface area contributed by atoms with Gasteiger partial charge in [0.05, 0.1) is 0 Å². The Bertz CT molecular complexity index is 876. The average molecular weight is 349 g/mol. The van der Waals surface area contributed by atoms with Crippen molar-refractivity contribution in [3.8, 4) is 10.7 Å². The molecule has 7 nitrogen and oxygen atoms in total. The molecule has 3 aromatic rings. The number of aromatic nitrogens is 2. The predicted octanol–water partition coefficient (Wildman–Crippen LogP) is 2.80. The number of thiazole rings is 1. The SMILES string of the molecule is NC(=O)c1c(-c2nccs2)noc1NC(=O)c1cccc(Cl)c1. The molecule has 3 rings (SSSR count). The zero-order chi connectivity index (χ0) is 16.4. The minimum absolute atomic E-state index is 0.0321. The van der Waals surface area contributed by atoms with E-state index in [2.05, 4.69) is 15.5 Å². The van der Waals surface area contributed by atoms with E-state index in [-0.39, 0.29) is 17.1 Å². The third-order valence-corrected chi connectivity index (χ3v) is 3.90. The summed E-state index contributed by atoms with van der Waals surface area (Å²) in [7, 11) is 0. The molecule has 0 atom stereocenters. The zero-order valence-electron chi connectivity index (χ0n) is 11.4. The molecule has 0 aliphatic carbocycles. The maximum atomic E-state index is 12.2. The molecule has 0 spiro atoms. The van der Waals surface area contributed by atoms with E-state index in [0.717, 1.165) is 0 Å². The highest BCUT2D eigenvalue weighted by Gasteiger charge is 2.25. The van der Waals surface area contributed by atoms with Crippen LogP contribution in [-0.4, -0.2) is 22.0 Å². The molecule has 0 aliphatic heterocycles. The van der Waals surface area contributed by atoms with Crippen molar-refractivity contribution in [1.82, 2.24) is 10.1 Å². The Hall–Kier alpha value is -2.71. The molecule has 116 valence electrons. The molecule has 0 radical (unpaired) electrons. The van der Waals surface area contributed by atoms with Crippen LogP contribution < -0.4 is 11.1 Å². The van der Waals surface area contributed by atoms with Gasteiger partial charge < -0.3 is 10.3 Å². The summed E-state index contributed by atoms with van der Waals surface area (Å²) >= 11 is 7.12. The second kappa shape index (κ2) is 6.19. The average Bonchev–Trinajstić information content (AvgIpc) is 3.15. The molecule has 3 N–H and O–H groups in total. The molecule has 0 unspecified atom stereocenters. The maximum absolute atomic E-state index is 12.2. The fourth-order valence-corrected chi connectivity index (χ4v) is 2.71. The van der Waals surface area contributed by atoms with Gasteiger partial charge in [0.15, 0.2) is 5.69 Å². The van der Waals surface area contributed by atoms with Gasteiger partial charge >= 0.3 is 0 Å². The quantitative estimate of drug-likeness (QED) is 0.753. The number of amides is 2. The summed E-state index contributed by atoms with van der Waals surface area (Å²) < 4.78 is 5.05. The number of hydrogen-bond acceptors (Lipinski definition) is 6. The minimum Gasteiger partial charge on any atom is -0.365 e. The summed E-state index contributed by atoms with van der Waals surface area (Å²) in [5.41, 5.74) is 5.83. The van der Waals surface area contributed by atoms with Gasteiger partial charge in [0.1, 0.15) is 10.6 Å². The second-order valence-corrected chi connectivity index (χ2v) is 5.73. The first-order valence-corrected chi connectivity index (χ1v) is 7.58. The van der Waals surface area contributed by atoms with Crippen LogP contribution in [0.2, 0.25) is 5.02 Å². The van der Waals surface area contributed by atoms with Crippen LogP contribution in [0.4, 0.5) is 5.88 Å². The number of hydrogen-bond donors (Lipinski definition) is 2. The van der Waals surface area contributed by atoms with Crippen LogP contribution in [0, 0.1) is 0 Å². The maximum Gasteiger partial charge on any atom is 0.258 e. The largest absolute Gasteiger partial charge is 0.365 e. The molecular weight excluding hydrogens is 340 g/mol. The first-order valence-electron chi connectivity index (χ1n) is 6.32. The lowest BCUT2D eigenvalue weighted by Crippen LogP contribution is -2.17. The number of halogens is 1. The minimum atomic E-state index is -0.780. The molecule has 0 aliphatic rings. The number of anilines is 1. The molecule has 0 bridgehead atoms. The van der Waals surface area contributed by atoms with Crippen molar-refractivity contribution < 1.29 is 14.1 Å². The van der Waals surface area contributed by atoms with Crippen molar-refractivity contribution in [2.75, 3.05) is 5.32 Å². The van der Waals surface area contributed by atoms with Gasteiger partial charge in [0.25, 0.3) is 11.8 Å². The molecule has 0 fully saturated rings. The molecule has 0 saturated heterocycles. The van der Waals surface area contributed by atoms with Crippen LogP contribution in [0.25, 0.3) is 10.7 Å². The van der Waals surface area contributed by atoms with Crippen molar-refractivity contribution in [2.45, 2.75) is 0 Å². The summed E-state index contributed by atoms with van der Waals surface area (Å²) in [4.78, 5) is 28.0. The van der Waals surface area contributed by atoms with E-state index >= 15 is 0 Å². The lowest BCUT2D eigenvalue weighted by Gasteiger charge is -2.03. The lowest BCUT2D eigenvalue weighted by atomic mass is 10.2. The second-order valence-electron chi connectivity index (χ2n) is 4.40. The van der Waals surface area contributed by atoms with E-state index in [0.29, 0.717) is 15.6 Å². The molecule has 23 heavy (non-hydrogen) atoms. The summed E-state index contributed by atoms with van der Waals surface area (Å²) in [6.07, 6.45) is 1.56. The van der Waals surface area contributed by atoms with Gasteiger partial charge in [-0.05, 0) is 18.2 Å². The smallest absolute Gasteiger partial charge is 0.258 e. The summed E-state index contributed by atoms with van der Waals surface area (Å²) in [5, 5.41) is 8.84. The van der Waals surface area contributed by atoms with E-state index in [1.54, 1.807) is 29.8 Å². The number of nitrogens with two attached hydrogens (primary N) is 1. The number of carbonyl (C=O) groups is 2. The van der Waals surface area contributed by atoms with Crippen molar-refractivity contribution in [2.24, 2.45) is 5.73 Å². The third kappa shape index (κ3) is 3.08. The topological polar surface area (TPSA) is 111 Å². The molecule has 2 heterocycles. The summed E-state index contributed by atoms with van der Waals surface area (Å²) in [6, 6.07) is 6.33. The van der Waals surface area contributed by atoms with Gasteiger partial charge in [-0.1, -0.05) is 22.8 Å². The van der Waals surface area contributed by atoms with E-state index in [1.165, 1.54) is 17.4 Å². The number of primary amides is 1. The monoisotopic (exact) mass is 348 g/mol. The van der Waals surface area contributed by atoms with Crippen LogP contribution >= 0.6 is 22.9 Å². The molecule has 1 aromatic carbocycles. The number of nitrogens with zero attached hydrogens (tertiary/aromatic N) is 2. The van der Waals surface area contributed by atoms with Crippen molar-refractivity contribution in [3.05, 3.63) is 52.0 Å². The highest BCUT2D eigenvalue weighted by molar-refractivity contribution is 7.13. The van der Waals surface area contributed by atoms with E-state index < -0.39 is 11.8 Å². The normalized spacial score (nSPS) is 10.5. The van der Waals surface area contributed by atoms with Crippen LogP contribution in [0.3, 0.4) is 0 Å². The van der Waals surface area contributed by atoms with E-state index in [4.69, 9.17) is 21.9 Å². The van der Waals surface area contributed by atoms with Crippen LogP contribution in [0.15, 0.2) is 40.4 Å². The summed E-state index contributed by atoms with van der Waals surface area (Å²) in [6.45, 7) is 0. The third-order valence-electron chi connectivity index (χ3n) is 2.89. The number of carbonyl (C=O) groups excluding carboxylic acids is 2. The van der Waals surface area contributed by atoms with Crippen LogP contribution in [0.5, 0.6) is 0 Å². The highest BCUT2D eigenvalue weighted by atomic mass is 35.5. The standard InChI is InChI=1S/C14H9ClN4O3S/c15-8-3-1-2-7(6-8)12(21)18-13-9(11(16)20)10(19-22-13)14-17-4-5-23-14/h1-6H,(H2,16,20)(H,18,21). The van der Waals surface area contributed by atoms with E-state index in [9.17, 15) is 9.59 Å². The van der Waals surface area contributed by atoms with E-state index in [1.807, 2.05) is 0 Å². The van der Waals surface area contributed by atoms with Gasteiger partial charge in [0, 0.05) is 22.2 Å². The van der Waals surface area contributed by atoms with Crippen molar-refractivity contribution in [1.29, 1.82) is 0 Å². The van der Waals surface area contributed by atoms with Gasteiger partial charge in [-0.15, -0.1) is 11.3 Å². The number of benzene rings is 1. The first kappa shape index (κ1) is 15.2. The molecular formula is C14H9ClN4O3S. The Morgan fingerprint density at radius 1 is 1.35 bits per heavy atom. The Balaban J connectivity index is 1.94. The number of rotatable bonds is 4. The van der Waals surface area contributed by atoms with Crippen molar-refractivity contribution >= 4 is 40.6 Å². The molecule has 9 heteroatoms. The van der Waals surface area contributed by atoms with Gasteiger partial charge in [-0.25, -0.2) is 4.98 Å². The van der Waals surface area contributed by atoms with Crippen LogP contribution in [0.1, 0.15) is 20.7 Å². The molecule has 2 aromatic heterocycles. The fourth-order valence-electron chi connectivity index (χ4n) is 1.90. The zero-order valence-corrected chi connectivity index (χ0v) is 13.0. The Morgan fingerprint density at radius 2 is 2.17 bits per heavy atom. The van der Waals surface area contributed by atoms with Gasteiger partial charge in [0.2, 0.25) is 5.88 Å². The highest BCUT2D eigenvalue weighted by Crippen LogP contribution is 2.30. The number of nitrogens with one attached hydrogen (secondary N) is 1. The van der Waals surface area contributed by atoms with Gasteiger partial charge in [-0.2, -0.15) is 0 Å². The fraction of sp³-hybridized carbons (Fsp3) is 0. The Kier molecular flexibility index (Phi) is 4.09.